The first kappa shape index (κ1) is 9.93. The van der Waals surface area contributed by atoms with Crippen LogP contribution in [0.15, 0.2) is 0 Å². The molecule has 1 saturated heterocycles. The minimum absolute atomic E-state index is 0.000463. The molecule has 0 aromatic heterocycles. The van der Waals surface area contributed by atoms with Crippen molar-refractivity contribution >= 4 is 5.91 Å². The average Bonchev–Trinajstić information content (AvgIpc) is 3.02. The maximum Gasteiger partial charge on any atom is 0.237 e. The number of ether oxygens (including phenoxy) is 1. The van der Waals surface area contributed by atoms with Gasteiger partial charge >= 0.3 is 0 Å². The molecule has 1 saturated carbocycles. The van der Waals surface area contributed by atoms with E-state index in [0.29, 0.717) is 6.04 Å². The molecule has 1 aliphatic heterocycles. The highest BCUT2D eigenvalue weighted by atomic mass is 16.5. The molecule has 0 bridgehead atoms. The second-order valence-corrected chi connectivity index (χ2v) is 4.11. The summed E-state index contributed by atoms with van der Waals surface area (Å²) in [6.45, 7) is 5.23. The van der Waals surface area contributed by atoms with Gasteiger partial charge in [-0.25, -0.2) is 0 Å². The normalized spacial score (nSPS) is 25.8. The maximum absolute atomic E-state index is 11.7. The zero-order valence-electron chi connectivity index (χ0n) is 8.66. The largest absolute Gasteiger partial charge is 0.379 e. The Labute approximate surface area is 84.6 Å². The molecular weight excluding hydrogens is 180 g/mol. The molecule has 1 N–H and O–H groups in total. The van der Waals surface area contributed by atoms with Crippen LogP contribution in [0.2, 0.25) is 0 Å². The van der Waals surface area contributed by atoms with E-state index in [2.05, 4.69) is 10.2 Å². The van der Waals surface area contributed by atoms with Gasteiger partial charge in [0.15, 0.2) is 0 Å². The van der Waals surface area contributed by atoms with Crippen LogP contribution < -0.4 is 5.32 Å². The lowest BCUT2D eigenvalue weighted by atomic mass is 10.2. The first-order valence-electron chi connectivity index (χ1n) is 5.39. The minimum Gasteiger partial charge on any atom is -0.379 e. The Hall–Kier alpha value is -0.610. The van der Waals surface area contributed by atoms with Crippen LogP contribution in [0.1, 0.15) is 19.8 Å². The first-order chi connectivity index (χ1) is 6.77. The topological polar surface area (TPSA) is 41.6 Å². The molecule has 2 rings (SSSR count). The molecule has 0 aromatic carbocycles. The number of morpholine rings is 1. The smallest absolute Gasteiger partial charge is 0.237 e. The molecule has 1 amide bonds. The molecule has 80 valence electrons. The van der Waals surface area contributed by atoms with Crippen molar-refractivity contribution in [1.29, 1.82) is 0 Å². The van der Waals surface area contributed by atoms with Crippen LogP contribution in [0.4, 0.5) is 0 Å². The van der Waals surface area contributed by atoms with Gasteiger partial charge in [-0.15, -0.1) is 0 Å². The maximum atomic E-state index is 11.7. The molecule has 0 radical (unpaired) electrons. The summed E-state index contributed by atoms with van der Waals surface area (Å²) in [7, 11) is 0. The summed E-state index contributed by atoms with van der Waals surface area (Å²) >= 11 is 0. The standard InChI is InChI=1S/C10H18N2O2/c1-8(10(13)11-9-2-3-9)12-4-6-14-7-5-12/h8-9H,2-7H2,1H3,(H,11,13). The highest BCUT2D eigenvalue weighted by Gasteiger charge is 2.28. The lowest BCUT2D eigenvalue weighted by molar-refractivity contribution is -0.127. The highest BCUT2D eigenvalue weighted by molar-refractivity contribution is 5.81. The number of carbonyl (C=O) groups excluding carboxylic acids is 1. The number of amides is 1. The zero-order valence-corrected chi connectivity index (χ0v) is 8.66. The van der Waals surface area contributed by atoms with Crippen LogP contribution in [-0.4, -0.2) is 49.2 Å². The predicted octanol–water partition coefficient (Wildman–Crippen LogP) is -0.0143. The van der Waals surface area contributed by atoms with Crippen molar-refractivity contribution < 1.29 is 9.53 Å². The van der Waals surface area contributed by atoms with Crippen LogP contribution in [0, 0.1) is 0 Å². The molecular formula is C10H18N2O2. The van der Waals surface area contributed by atoms with E-state index in [-0.39, 0.29) is 11.9 Å². The summed E-state index contributed by atoms with van der Waals surface area (Å²) in [5, 5.41) is 3.03. The Kier molecular flexibility index (Phi) is 3.03. The van der Waals surface area contributed by atoms with E-state index in [0.717, 1.165) is 39.1 Å². The van der Waals surface area contributed by atoms with Gasteiger partial charge in [0.1, 0.15) is 0 Å². The summed E-state index contributed by atoms with van der Waals surface area (Å²) < 4.78 is 5.25. The first-order valence-corrected chi connectivity index (χ1v) is 5.39. The number of rotatable bonds is 3. The number of nitrogens with one attached hydrogen (secondary N) is 1. The Bertz CT molecular complexity index is 210. The SMILES string of the molecule is CC(C(=O)NC1CC1)N1CCOCC1. The minimum atomic E-state index is -0.000463. The van der Waals surface area contributed by atoms with Crippen LogP contribution in [0.3, 0.4) is 0 Å². The number of hydrogen-bond acceptors (Lipinski definition) is 3. The van der Waals surface area contributed by atoms with Crippen LogP contribution in [0.25, 0.3) is 0 Å². The molecule has 1 aliphatic carbocycles. The van der Waals surface area contributed by atoms with E-state index in [1.54, 1.807) is 0 Å². The van der Waals surface area contributed by atoms with Crippen LogP contribution in [-0.2, 0) is 9.53 Å². The van der Waals surface area contributed by atoms with Crippen molar-refractivity contribution in [3.8, 4) is 0 Å². The zero-order chi connectivity index (χ0) is 9.97. The van der Waals surface area contributed by atoms with Crippen molar-refractivity contribution in [3.63, 3.8) is 0 Å². The Morgan fingerprint density at radius 3 is 2.64 bits per heavy atom. The fourth-order valence-corrected chi connectivity index (χ4v) is 1.68. The Morgan fingerprint density at radius 2 is 2.07 bits per heavy atom. The monoisotopic (exact) mass is 198 g/mol. The van der Waals surface area contributed by atoms with E-state index >= 15 is 0 Å². The quantitative estimate of drug-likeness (QED) is 0.693. The fourth-order valence-electron chi connectivity index (χ4n) is 1.68. The van der Waals surface area contributed by atoms with Crippen molar-refractivity contribution in [2.45, 2.75) is 31.8 Å². The molecule has 1 heterocycles. The van der Waals surface area contributed by atoms with Gasteiger partial charge in [0, 0.05) is 19.1 Å². The number of hydrogen-bond donors (Lipinski definition) is 1. The van der Waals surface area contributed by atoms with Gasteiger partial charge in [-0.1, -0.05) is 0 Å². The molecule has 1 unspecified atom stereocenters. The molecule has 2 aliphatic rings. The van der Waals surface area contributed by atoms with E-state index < -0.39 is 0 Å². The van der Waals surface area contributed by atoms with E-state index in [1.807, 2.05) is 6.92 Å². The van der Waals surface area contributed by atoms with Crippen molar-refractivity contribution in [2.24, 2.45) is 0 Å². The molecule has 0 aromatic rings. The highest BCUT2D eigenvalue weighted by Crippen LogP contribution is 2.19. The van der Waals surface area contributed by atoms with Gasteiger partial charge in [0.05, 0.1) is 19.3 Å². The van der Waals surface area contributed by atoms with Gasteiger partial charge in [0.2, 0.25) is 5.91 Å². The lowest BCUT2D eigenvalue weighted by Crippen LogP contribution is -2.50. The van der Waals surface area contributed by atoms with Gasteiger partial charge < -0.3 is 10.1 Å². The summed E-state index contributed by atoms with van der Waals surface area (Å²) in [5.41, 5.74) is 0. The van der Waals surface area contributed by atoms with Crippen LogP contribution in [0.5, 0.6) is 0 Å². The van der Waals surface area contributed by atoms with E-state index in [9.17, 15) is 4.79 Å². The third-order valence-electron chi connectivity index (χ3n) is 2.90. The van der Waals surface area contributed by atoms with Crippen molar-refractivity contribution in [1.82, 2.24) is 10.2 Å². The van der Waals surface area contributed by atoms with Gasteiger partial charge in [0.25, 0.3) is 0 Å². The number of nitrogens with zero attached hydrogens (tertiary/aromatic N) is 1. The van der Waals surface area contributed by atoms with Gasteiger partial charge in [-0.05, 0) is 19.8 Å². The summed E-state index contributed by atoms with van der Waals surface area (Å²) in [6, 6.07) is 0.463. The molecule has 0 spiro atoms. The average molecular weight is 198 g/mol. The summed E-state index contributed by atoms with van der Waals surface area (Å²) in [5.74, 6) is 0.175. The third kappa shape index (κ3) is 2.45. The lowest BCUT2D eigenvalue weighted by Gasteiger charge is -2.31. The third-order valence-corrected chi connectivity index (χ3v) is 2.90. The second kappa shape index (κ2) is 4.28. The Morgan fingerprint density at radius 1 is 1.43 bits per heavy atom. The van der Waals surface area contributed by atoms with Crippen LogP contribution >= 0.6 is 0 Å². The summed E-state index contributed by atoms with van der Waals surface area (Å²) in [6.07, 6.45) is 2.31. The molecule has 4 nitrogen and oxygen atoms in total. The van der Waals surface area contributed by atoms with Gasteiger partial charge in [-0.3, -0.25) is 9.69 Å². The second-order valence-electron chi connectivity index (χ2n) is 4.11. The predicted molar refractivity (Wildman–Crippen MR) is 53.0 cm³/mol. The van der Waals surface area contributed by atoms with E-state index in [4.69, 9.17) is 4.74 Å². The molecule has 2 fully saturated rings. The van der Waals surface area contributed by atoms with E-state index in [1.165, 1.54) is 0 Å². The fraction of sp³-hybridized carbons (Fsp3) is 0.900. The summed E-state index contributed by atoms with van der Waals surface area (Å²) in [4.78, 5) is 13.9. The van der Waals surface area contributed by atoms with Gasteiger partial charge in [-0.2, -0.15) is 0 Å². The molecule has 14 heavy (non-hydrogen) atoms. The van der Waals surface area contributed by atoms with Crippen molar-refractivity contribution in [3.05, 3.63) is 0 Å². The molecule has 4 heteroatoms. The number of carbonyl (C=O) groups is 1. The van der Waals surface area contributed by atoms with Crippen molar-refractivity contribution in [2.75, 3.05) is 26.3 Å². The molecule has 1 atom stereocenters. The Balaban J connectivity index is 1.78.